The Kier molecular flexibility index (Phi) is 4.03. The summed E-state index contributed by atoms with van der Waals surface area (Å²) in [4.78, 5) is 13.4. The summed E-state index contributed by atoms with van der Waals surface area (Å²) in [6.07, 6.45) is 6.81. The van der Waals surface area contributed by atoms with Gasteiger partial charge in [-0.2, -0.15) is 0 Å². The Hall–Kier alpha value is -1.77. The van der Waals surface area contributed by atoms with Gasteiger partial charge in [0.2, 0.25) is 0 Å². The van der Waals surface area contributed by atoms with Gasteiger partial charge in [-0.15, -0.1) is 0 Å². The van der Waals surface area contributed by atoms with Crippen molar-refractivity contribution in [1.29, 1.82) is 0 Å². The molecule has 0 bridgehead atoms. The second kappa shape index (κ2) is 5.71. The predicted molar refractivity (Wildman–Crippen MR) is 73.0 cm³/mol. The molecule has 0 saturated heterocycles. The molecule has 0 fully saturated rings. The minimum atomic E-state index is -0.861. The van der Waals surface area contributed by atoms with E-state index in [2.05, 4.69) is 17.9 Å². The molecule has 1 aliphatic carbocycles. The van der Waals surface area contributed by atoms with Gasteiger partial charge in [-0.1, -0.05) is 18.2 Å². The Morgan fingerprint density at radius 1 is 1.33 bits per heavy atom. The van der Waals surface area contributed by atoms with Crippen LogP contribution in [0.25, 0.3) is 0 Å². The van der Waals surface area contributed by atoms with E-state index >= 15 is 0 Å². The van der Waals surface area contributed by atoms with Crippen molar-refractivity contribution in [3.05, 3.63) is 41.6 Å². The first kappa shape index (κ1) is 12.7. The van der Waals surface area contributed by atoms with Crippen LogP contribution in [0.15, 0.2) is 36.0 Å². The summed E-state index contributed by atoms with van der Waals surface area (Å²) in [7, 11) is 0. The molecular weight excluding hydrogens is 226 g/mol. The van der Waals surface area contributed by atoms with Gasteiger partial charge in [0.15, 0.2) is 0 Å². The number of nitrogens with zero attached hydrogens (tertiary/aromatic N) is 1. The van der Waals surface area contributed by atoms with E-state index in [0.717, 1.165) is 25.1 Å². The summed E-state index contributed by atoms with van der Waals surface area (Å²) in [5.74, 6) is -0.861. The molecule has 1 aromatic rings. The molecule has 2 rings (SSSR count). The summed E-state index contributed by atoms with van der Waals surface area (Å²) >= 11 is 0. The predicted octanol–water partition coefficient (Wildman–Crippen LogP) is 3.67. The highest BCUT2D eigenvalue weighted by Gasteiger charge is 2.18. The molecular formula is C15H19NO2. The number of aromatic carboxylic acids is 1. The highest BCUT2D eigenvalue weighted by atomic mass is 16.4. The van der Waals surface area contributed by atoms with Crippen molar-refractivity contribution in [3.8, 4) is 0 Å². The molecule has 1 aliphatic rings. The summed E-state index contributed by atoms with van der Waals surface area (Å²) in [6.45, 7) is 2.87. The first-order valence-electron chi connectivity index (χ1n) is 6.53. The topological polar surface area (TPSA) is 40.5 Å². The van der Waals surface area contributed by atoms with Crippen molar-refractivity contribution >= 4 is 11.7 Å². The molecule has 96 valence electrons. The second-order valence-electron chi connectivity index (χ2n) is 4.51. The number of hydrogen-bond acceptors (Lipinski definition) is 2. The van der Waals surface area contributed by atoms with Gasteiger partial charge >= 0.3 is 5.97 Å². The van der Waals surface area contributed by atoms with Crippen LogP contribution in [0.3, 0.4) is 0 Å². The molecule has 3 heteroatoms. The van der Waals surface area contributed by atoms with E-state index in [-0.39, 0.29) is 0 Å². The number of para-hydroxylation sites is 1. The number of carboxylic acid groups (broad SMARTS) is 1. The van der Waals surface area contributed by atoms with Gasteiger partial charge in [-0.05, 0) is 44.7 Å². The standard InChI is InChI=1S/C15H19NO2/c1-2-16(12-8-4-3-5-9-12)14-11-7-6-10-13(14)15(17)18/h6-8,10-11H,2-5,9H2,1H3,(H,17,18). The average Bonchev–Trinajstić information content (AvgIpc) is 2.41. The van der Waals surface area contributed by atoms with Crippen molar-refractivity contribution in [2.24, 2.45) is 0 Å². The van der Waals surface area contributed by atoms with E-state index < -0.39 is 5.97 Å². The lowest BCUT2D eigenvalue weighted by molar-refractivity contribution is 0.0697. The van der Waals surface area contributed by atoms with Crippen LogP contribution in [0.2, 0.25) is 0 Å². The molecule has 0 saturated carbocycles. The Bertz CT molecular complexity index is 465. The van der Waals surface area contributed by atoms with Crippen LogP contribution in [-0.4, -0.2) is 17.6 Å². The van der Waals surface area contributed by atoms with E-state index in [1.807, 2.05) is 12.1 Å². The molecule has 1 N–H and O–H groups in total. The molecule has 0 aromatic heterocycles. The third kappa shape index (κ3) is 2.55. The second-order valence-corrected chi connectivity index (χ2v) is 4.51. The first-order valence-corrected chi connectivity index (χ1v) is 6.53. The maximum atomic E-state index is 11.3. The molecule has 0 atom stereocenters. The molecule has 0 heterocycles. The van der Waals surface area contributed by atoms with E-state index in [0.29, 0.717) is 5.56 Å². The molecule has 0 aliphatic heterocycles. The van der Waals surface area contributed by atoms with Crippen LogP contribution in [0.1, 0.15) is 43.0 Å². The van der Waals surface area contributed by atoms with Crippen LogP contribution in [0.4, 0.5) is 5.69 Å². The first-order chi connectivity index (χ1) is 8.74. The molecule has 1 aromatic carbocycles. The Balaban J connectivity index is 2.38. The third-order valence-electron chi connectivity index (χ3n) is 3.36. The quantitative estimate of drug-likeness (QED) is 0.879. The van der Waals surface area contributed by atoms with Crippen LogP contribution in [0, 0.1) is 0 Å². The Labute approximate surface area is 108 Å². The van der Waals surface area contributed by atoms with Crippen molar-refractivity contribution in [2.75, 3.05) is 11.4 Å². The molecule has 0 spiro atoms. The summed E-state index contributed by atoms with van der Waals surface area (Å²) in [5.41, 5.74) is 2.45. The van der Waals surface area contributed by atoms with Crippen molar-refractivity contribution in [2.45, 2.75) is 32.6 Å². The van der Waals surface area contributed by atoms with Crippen LogP contribution in [-0.2, 0) is 0 Å². The zero-order valence-electron chi connectivity index (χ0n) is 10.7. The van der Waals surface area contributed by atoms with E-state index in [9.17, 15) is 9.90 Å². The third-order valence-corrected chi connectivity index (χ3v) is 3.36. The molecule has 18 heavy (non-hydrogen) atoms. The summed E-state index contributed by atoms with van der Waals surface area (Å²) in [5, 5.41) is 9.26. The van der Waals surface area contributed by atoms with Crippen LogP contribution < -0.4 is 4.90 Å². The van der Waals surface area contributed by atoms with Crippen molar-refractivity contribution < 1.29 is 9.90 Å². The van der Waals surface area contributed by atoms with Crippen LogP contribution >= 0.6 is 0 Å². The van der Waals surface area contributed by atoms with Crippen LogP contribution in [0.5, 0.6) is 0 Å². The van der Waals surface area contributed by atoms with Gasteiger partial charge in [-0.3, -0.25) is 0 Å². The number of allylic oxidation sites excluding steroid dienone is 2. The number of rotatable bonds is 4. The molecule has 0 unspecified atom stereocenters. The average molecular weight is 245 g/mol. The summed E-state index contributed by atoms with van der Waals surface area (Å²) in [6, 6.07) is 7.23. The number of anilines is 1. The fraction of sp³-hybridized carbons (Fsp3) is 0.400. The van der Waals surface area contributed by atoms with Gasteiger partial charge in [0.25, 0.3) is 0 Å². The van der Waals surface area contributed by atoms with Crippen molar-refractivity contribution in [1.82, 2.24) is 0 Å². The van der Waals surface area contributed by atoms with E-state index in [4.69, 9.17) is 0 Å². The number of hydrogen-bond donors (Lipinski definition) is 1. The van der Waals surface area contributed by atoms with Gasteiger partial charge in [0.1, 0.15) is 0 Å². The largest absolute Gasteiger partial charge is 0.478 e. The maximum Gasteiger partial charge on any atom is 0.337 e. The molecule has 3 nitrogen and oxygen atoms in total. The minimum absolute atomic E-state index is 0.380. The highest BCUT2D eigenvalue weighted by molar-refractivity contribution is 5.94. The lowest BCUT2D eigenvalue weighted by Crippen LogP contribution is -2.25. The summed E-state index contributed by atoms with van der Waals surface area (Å²) < 4.78 is 0. The van der Waals surface area contributed by atoms with Gasteiger partial charge < -0.3 is 10.0 Å². The van der Waals surface area contributed by atoms with E-state index in [1.165, 1.54) is 18.5 Å². The maximum absolute atomic E-state index is 11.3. The number of carboxylic acids is 1. The molecule has 0 amide bonds. The normalized spacial score (nSPS) is 15.1. The zero-order valence-corrected chi connectivity index (χ0v) is 10.7. The SMILES string of the molecule is CCN(C1=CCCCC1)c1ccccc1C(=O)O. The van der Waals surface area contributed by atoms with Crippen molar-refractivity contribution in [3.63, 3.8) is 0 Å². The van der Waals surface area contributed by atoms with Gasteiger partial charge in [0, 0.05) is 12.2 Å². The van der Waals surface area contributed by atoms with Gasteiger partial charge in [0.05, 0.1) is 11.3 Å². The fourth-order valence-electron chi connectivity index (χ4n) is 2.48. The highest BCUT2D eigenvalue weighted by Crippen LogP contribution is 2.29. The van der Waals surface area contributed by atoms with E-state index in [1.54, 1.807) is 12.1 Å². The minimum Gasteiger partial charge on any atom is -0.478 e. The van der Waals surface area contributed by atoms with Gasteiger partial charge in [-0.25, -0.2) is 4.79 Å². The number of benzene rings is 1. The fourth-order valence-corrected chi connectivity index (χ4v) is 2.48. The smallest absolute Gasteiger partial charge is 0.337 e. The lowest BCUT2D eigenvalue weighted by atomic mass is 10.0. The monoisotopic (exact) mass is 245 g/mol. The number of carbonyl (C=O) groups is 1. The Morgan fingerprint density at radius 3 is 2.72 bits per heavy atom. The lowest BCUT2D eigenvalue weighted by Gasteiger charge is -2.29. The molecule has 0 radical (unpaired) electrons. The Morgan fingerprint density at radius 2 is 2.11 bits per heavy atom. The zero-order chi connectivity index (χ0) is 13.0.